The van der Waals surface area contributed by atoms with Crippen LogP contribution >= 0.6 is 11.5 Å². The van der Waals surface area contributed by atoms with E-state index in [2.05, 4.69) is 9.59 Å². The van der Waals surface area contributed by atoms with Gasteiger partial charge in [-0.05, 0) is 36.5 Å². The molecule has 3 nitrogen and oxygen atoms in total. The van der Waals surface area contributed by atoms with Crippen molar-refractivity contribution in [1.29, 1.82) is 0 Å². The van der Waals surface area contributed by atoms with Crippen molar-refractivity contribution >= 4 is 17.3 Å². The van der Waals surface area contributed by atoms with Gasteiger partial charge in [-0.1, -0.05) is 17.5 Å². The Hall–Kier alpha value is -1.69. The fraction of sp³-hybridized carbons (Fsp3) is 0.250. The van der Waals surface area contributed by atoms with Crippen LogP contribution in [0, 0.1) is 18.6 Å². The second-order valence-corrected chi connectivity index (χ2v) is 4.54. The fourth-order valence-electron chi connectivity index (χ4n) is 1.56. The predicted molar refractivity (Wildman–Crippen MR) is 63.8 cm³/mol. The highest BCUT2D eigenvalue weighted by atomic mass is 32.1. The van der Waals surface area contributed by atoms with Gasteiger partial charge < -0.3 is 0 Å². The molecule has 0 amide bonds. The molecule has 0 fully saturated rings. The zero-order valence-electron chi connectivity index (χ0n) is 9.83. The fourth-order valence-corrected chi connectivity index (χ4v) is 2.26. The van der Waals surface area contributed by atoms with Crippen LogP contribution in [0.2, 0.25) is 0 Å². The van der Waals surface area contributed by atoms with Crippen LogP contribution in [0.3, 0.4) is 0 Å². The Morgan fingerprint density at radius 3 is 2.72 bits per heavy atom. The molecule has 0 aliphatic rings. The maximum absolute atomic E-state index is 13.7. The van der Waals surface area contributed by atoms with Gasteiger partial charge in [-0.2, -0.15) is 0 Å². The number of carbonyl (C=O) groups is 1. The molecule has 0 radical (unpaired) electrons. The lowest BCUT2D eigenvalue weighted by atomic mass is 10.0. The Morgan fingerprint density at radius 1 is 1.33 bits per heavy atom. The van der Waals surface area contributed by atoms with Gasteiger partial charge in [0, 0.05) is 0 Å². The molecule has 0 unspecified atom stereocenters. The van der Waals surface area contributed by atoms with E-state index >= 15 is 0 Å². The normalized spacial score (nSPS) is 10.7. The number of halogens is 2. The Balaban J connectivity index is 2.50. The molecule has 0 atom stereocenters. The highest BCUT2D eigenvalue weighted by Gasteiger charge is 2.22. The molecule has 0 saturated heterocycles. The Kier molecular flexibility index (Phi) is 3.47. The minimum absolute atomic E-state index is 0.169. The first kappa shape index (κ1) is 12.8. The van der Waals surface area contributed by atoms with E-state index < -0.39 is 17.4 Å². The molecule has 0 spiro atoms. The first-order valence-electron chi connectivity index (χ1n) is 5.36. The molecule has 0 aliphatic carbocycles. The number of hydrogen-bond acceptors (Lipinski definition) is 4. The van der Waals surface area contributed by atoms with Crippen LogP contribution in [0.15, 0.2) is 12.1 Å². The van der Waals surface area contributed by atoms with Crippen LogP contribution in [0.5, 0.6) is 0 Å². The van der Waals surface area contributed by atoms with E-state index in [1.54, 1.807) is 0 Å². The Bertz CT molecular complexity index is 610. The molecule has 2 aromatic rings. The van der Waals surface area contributed by atoms with Gasteiger partial charge >= 0.3 is 0 Å². The third kappa shape index (κ3) is 2.03. The van der Waals surface area contributed by atoms with Gasteiger partial charge in [0.2, 0.25) is 5.78 Å². The van der Waals surface area contributed by atoms with E-state index in [4.69, 9.17) is 0 Å². The molecule has 6 heteroatoms. The third-order valence-electron chi connectivity index (χ3n) is 2.62. The molecule has 94 valence electrons. The Labute approximate surface area is 107 Å². The number of rotatable bonds is 3. The molecule has 1 heterocycles. The van der Waals surface area contributed by atoms with Crippen molar-refractivity contribution in [2.45, 2.75) is 20.3 Å². The zero-order valence-corrected chi connectivity index (χ0v) is 10.6. The summed E-state index contributed by atoms with van der Waals surface area (Å²) in [6, 6.07) is 2.67. The molecule has 18 heavy (non-hydrogen) atoms. The van der Waals surface area contributed by atoms with E-state index in [0.717, 1.165) is 11.5 Å². The average Bonchev–Trinajstić information content (AvgIpc) is 2.83. The molecule has 0 aliphatic heterocycles. The maximum Gasteiger partial charge on any atom is 0.209 e. The van der Waals surface area contributed by atoms with Gasteiger partial charge in [-0.25, -0.2) is 8.78 Å². The summed E-state index contributed by atoms with van der Waals surface area (Å²) >= 11 is 0.896. The zero-order chi connectivity index (χ0) is 13.3. The van der Waals surface area contributed by atoms with Gasteiger partial charge in [0.05, 0.1) is 11.3 Å². The van der Waals surface area contributed by atoms with Crippen LogP contribution in [0.4, 0.5) is 8.78 Å². The molecule has 1 aromatic carbocycles. The maximum atomic E-state index is 13.7. The van der Waals surface area contributed by atoms with Crippen molar-refractivity contribution < 1.29 is 13.6 Å². The Morgan fingerprint density at radius 2 is 2.06 bits per heavy atom. The first-order valence-corrected chi connectivity index (χ1v) is 6.14. The van der Waals surface area contributed by atoms with Crippen LogP contribution in [-0.4, -0.2) is 15.4 Å². The summed E-state index contributed by atoms with van der Waals surface area (Å²) in [5, 5.41) is 3.78. The molecule has 1 aromatic heterocycles. The molecule has 0 N–H and O–H groups in total. The lowest BCUT2D eigenvalue weighted by Gasteiger charge is -2.04. The number of carbonyl (C=O) groups excluding carboxylic acids is 1. The minimum Gasteiger partial charge on any atom is -0.287 e. The van der Waals surface area contributed by atoms with Crippen molar-refractivity contribution in [3.8, 4) is 0 Å². The number of ketones is 1. The molecule has 0 bridgehead atoms. The predicted octanol–water partition coefficient (Wildman–Crippen LogP) is 2.92. The average molecular weight is 268 g/mol. The van der Waals surface area contributed by atoms with Crippen molar-refractivity contribution in [1.82, 2.24) is 9.59 Å². The largest absolute Gasteiger partial charge is 0.287 e. The number of nitrogens with zero attached hydrogens (tertiary/aromatic N) is 2. The molecular formula is C12H10F2N2OS. The summed E-state index contributed by atoms with van der Waals surface area (Å²) in [7, 11) is 0. The molecular weight excluding hydrogens is 258 g/mol. The summed E-state index contributed by atoms with van der Waals surface area (Å²) < 4.78 is 30.8. The quantitative estimate of drug-likeness (QED) is 0.804. The van der Waals surface area contributed by atoms with Crippen LogP contribution in [0.25, 0.3) is 0 Å². The highest BCUT2D eigenvalue weighted by molar-refractivity contribution is 7.08. The van der Waals surface area contributed by atoms with Gasteiger partial charge in [0.15, 0.2) is 11.6 Å². The van der Waals surface area contributed by atoms with Gasteiger partial charge in [0.25, 0.3) is 0 Å². The van der Waals surface area contributed by atoms with Crippen LogP contribution in [0.1, 0.15) is 33.4 Å². The van der Waals surface area contributed by atoms with E-state index in [-0.39, 0.29) is 16.0 Å². The summed E-state index contributed by atoms with van der Waals surface area (Å²) in [5.74, 6) is -2.68. The minimum atomic E-state index is -1.12. The van der Waals surface area contributed by atoms with Crippen molar-refractivity contribution in [3.63, 3.8) is 0 Å². The van der Waals surface area contributed by atoms with Gasteiger partial charge in [0.1, 0.15) is 4.88 Å². The second-order valence-electron chi connectivity index (χ2n) is 3.79. The topological polar surface area (TPSA) is 42.9 Å². The summed E-state index contributed by atoms with van der Waals surface area (Å²) in [4.78, 5) is 12.4. The third-order valence-corrected chi connectivity index (χ3v) is 3.38. The van der Waals surface area contributed by atoms with Crippen molar-refractivity contribution in [2.75, 3.05) is 0 Å². The summed E-state index contributed by atoms with van der Waals surface area (Å²) in [6.45, 7) is 3.26. The van der Waals surface area contributed by atoms with E-state index in [1.165, 1.54) is 19.1 Å². The van der Waals surface area contributed by atoms with Gasteiger partial charge in [-0.3, -0.25) is 4.79 Å². The molecule has 0 saturated carbocycles. The second kappa shape index (κ2) is 4.89. The van der Waals surface area contributed by atoms with E-state index in [9.17, 15) is 13.6 Å². The SMILES string of the molecule is CCc1nnsc1C(=O)c1ccc(C)c(F)c1F. The smallest absolute Gasteiger partial charge is 0.209 e. The van der Waals surface area contributed by atoms with Crippen molar-refractivity contribution in [2.24, 2.45) is 0 Å². The summed E-state index contributed by atoms with van der Waals surface area (Å²) in [6.07, 6.45) is 0.521. The number of aromatic nitrogens is 2. The van der Waals surface area contributed by atoms with E-state index in [1.807, 2.05) is 6.92 Å². The van der Waals surface area contributed by atoms with E-state index in [0.29, 0.717) is 12.1 Å². The number of benzene rings is 1. The first-order chi connectivity index (χ1) is 8.56. The lowest BCUT2D eigenvalue weighted by Crippen LogP contribution is -2.07. The van der Waals surface area contributed by atoms with Crippen molar-refractivity contribution in [3.05, 3.63) is 45.5 Å². The van der Waals surface area contributed by atoms with Crippen LogP contribution < -0.4 is 0 Å². The monoisotopic (exact) mass is 268 g/mol. The lowest BCUT2D eigenvalue weighted by molar-refractivity contribution is 0.103. The highest BCUT2D eigenvalue weighted by Crippen LogP contribution is 2.22. The summed E-state index contributed by atoms with van der Waals surface area (Å²) in [5.41, 5.74) is 0.395. The van der Waals surface area contributed by atoms with Gasteiger partial charge in [-0.15, -0.1) is 5.10 Å². The number of aryl methyl sites for hydroxylation is 2. The standard InChI is InChI=1S/C12H10F2N2OS/c1-3-8-12(18-16-15-8)11(17)7-5-4-6(2)9(13)10(7)14/h4-5H,3H2,1-2H3. The van der Waals surface area contributed by atoms with Crippen LogP contribution in [-0.2, 0) is 6.42 Å². The molecule has 2 rings (SSSR count). The number of hydrogen-bond donors (Lipinski definition) is 0.